The second-order valence-electron chi connectivity index (χ2n) is 5.33. The van der Waals surface area contributed by atoms with Gasteiger partial charge in [-0.2, -0.15) is 0 Å². The van der Waals surface area contributed by atoms with Crippen LogP contribution in [0.2, 0.25) is 0 Å². The second-order valence-corrected chi connectivity index (χ2v) is 5.33. The first-order valence-corrected chi connectivity index (χ1v) is 7.31. The first kappa shape index (κ1) is 18.8. The minimum Gasteiger partial charge on any atom is -0.475 e. The van der Waals surface area contributed by atoms with E-state index in [2.05, 4.69) is 0 Å². The monoisotopic (exact) mass is 355 g/mol. The number of benzene rings is 1. The molecule has 1 saturated heterocycles. The normalized spacial score (nSPS) is 26.9. The van der Waals surface area contributed by atoms with Crippen LogP contribution in [0.1, 0.15) is 12.0 Å². The summed E-state index contributed by atoms with van der Waals surface area (Å²) in [6.07, 6.45) is -4.28. The van der Waals surface area contributed by atoms with Gasteiger partial charge in [0.05, 0.1) is 23.2 Å². The number of aliphatic hydroxyl groups is 3. The van der Waals surface area contributed by atoms with Crippen molar-refractivity contribution in [2.24, 2.45) is 0 Å². The average Bonchev–Trinajstić information content (AvgIpc) is 2.57. The molecule has 4 unspecified atom stereocenters. The molecule has 4 atom stereocenters. The summed E-state index contributed by atoms with van der Waals surface area (Å²) in [5, 5.41) is 48.7. The van der Waals surface area contributed by atoms with Crippen LogP contribution in [0.4, 0.5) is 5.69 Å². The molecule has 10 heteroatoms. The Balaban J connectivity index is 2.25. The van der Waals surface area contributed by atoms with Crippen LogP contribution in [0.15, 0.2) is 30.0 Å². The Bertz CT molecular complexity index is 675. The SMILES string of the molecule is O=C(O)/C(=C/c1ccccc1[N+](=O)[O-])OC1CC(O)C(O)C(CO)O1. The lowest BCUT2D eigenvalue weighted by Crippen LogP contribution is -2.50. The van der Waals surface area contributed by atoms with Crippen LogP contribution in [0.5, 0.6) is 0 Å². The Kier molecular flexibility index (Phi) is 6.04. The number of para-hydroxylation sites is 1. The van der Waals surface area contributed by atoms with Gasteiger partial charge in [0.25, 0.3) is 5.69 Å². The number of hydrogen-bond donors (Lipinski definition) is 4. The van der Waals surface area contributed by atoms with Gasteiger partial charge in [-0.25, -0.2) is 4.79 Å². The van der Waals surface area contributed by atoms with Gasteiger partial charge in [0.1, 0.15) is 12.2 Å². The zero-order valence-electron chi connectivity index (χ0n) is 12.9. The van der Waals surface area contributed by atoms with Gasteiger partial charge in [-0.15, -0.1) is 0 Å². The summed E-state index contributed by atoms with van der Waals surface area (Å²) in [6, 6.07) is 5.49. The van der Waals surface area contributed by atoms with Crippen LogP contribution in [0.25, 0.3) is 6.08 Å². The van der Waals surface area contributed by atoms with Gasteiger partial charge in [0.2, 0.25) is 12.0 Å². The van der Waals surface area contributed by atoms with Gasteiger partial charge in [0, 0.05) is 18.6 Å². The molecule has 0 spiro atoms. The molecule has 1 aromatic carbocycles. The molecule has 1 heterocycles. The number of nitro benzene ring substituents is 1. The Hall–Kier alpha value is -2.53. The van der Waals surface area contributed by atoms with E-state index in [1.807, 2.05) is 0 Å². The number of hydrogen-bond acceptors (Lipinski definition) is 8. The predicted molar refractivity (Wildman–Crippen MR) is 82.2 cm³/mol. The molecule has 2 rings (SSSR count). The van der Waals surface area contributed by atoms with Crippen molar-refractivity contribution in [3.05, 3.63) is 45.7 Å². The van der Waals surface area contributed by atoms with E-state index in [-0.39, 0.29) is 17.7 Å². The van der Waals surface area contributed by atoms with Crippen LogP contribution >= 0.6 is 0 Å². The number of nitro groups is 1. The highest BCUT2D eigenvalue weighted by Crippen LogP contribution is 2.25. The number of rotatable bonds is 6. The van der Waals surface area contributed by atoms with Crippen molar-refractivity contribution in [2.75, 3.05) is 6.61 Å². The van der Waals surface area contributed by atoms with Gasteiger partial charge in [-0.05, 0) is 6.07 Å². The van der Waals surface area contributed by atoms with E-state index >= 15 is 0 Å². The van der Waals surface area contributed by atoms with E-state index < -0.39 is 47.9 Å². The van der Waals surface area contributed by atoms with Crippen LogP contribution in [-0.4, -0.2) is 62.5 Å². The standard InChI is InChI=1S/C15H17NO9/c17-7-12-14(19)10(18)6-13(25-12)24-11(15(20)21)5-8-3-1-2-4-9(8)16(22)23/h1-5,10,12-14,17-19H,6-7H2,(H,20,21)/b11-5-. The molecule has 1 aromatic rings. The van der Waals surface area contributed by atoms with Crippen molar-refractivity contribution in [3.8, 4) is 0 Å². The third-order valence-corrected chi connectivity index (χ3v) is 3.60. The summed E-state index contributed by atoms with van der Waals surface area (Å²) in [7, 11) is 0. The highest BCUT2D eigenvalue weighted by molar-refractivity contribution is 5.90. The number of carboxylic acids is 1. The first-order chi connectivity index (χ1) is 11.8. The van der Waals surface area contributed by atoms with Gasteiger partial charge >= 0.3 is 5.97 Å². The molecular weight excluding hydrogens is 338 g/mol. The summed E-state index contributed by atoms with van der Waals surface area (Å²) in [5.41, 5.74) is -0.293. The molecule has 0 amide bonds. The van der Waals surface area contributed by atoms with Gasteiger partial charge in [-0.3, -0.25) is 10.1 Å². The topological polar surface area (TPSA) is 160 Å². The van der Waals surface area contributed by atoms with Crippen molar-refractivity contribution in [3.63, 3.8) is 0 Å². The summed E-state index contributed by atoms with van der Waals surface area (Å²) in [5.74, 6) is -2.14. The fourth-order valence-electron chi connectivity index (χ4n) is 2.35. The van der Waals surface area contributed by atoms with E-state index in [4.69, 9.17) is 14.6 Å². The van der Waals surface area contributed by atoms with E-state index in [0.717, 1.165) is 6.08 Å². The molecule has 4 N–H and O–H groups in total. The second kappa shape index (κ2) is 8.03. The molecule has 136 valence electrons. The zero-order valence-corrected chi connectivity index (χ0v) is 12.9. The fraction of sp³-hybridized carbons (Fsp3) is 0.400. The quantitative estimate of drug-likeness (QED) is 0.236. The van der Waals surface area contributed by atoms with Crippen LogP contribution in [0.3, 0.4) is 0 Å². The number of aliphatic carboxylic acids is 1. The molecule has 0 saturated carbocycles. The van der Waals surface area contributed by atoms with Gasteiger partial charge in [0.15, 0.2) is 0 Å². The maximum atomic E-state index is 11.4. The van der Waals surface area contributed by atoms with E-state index in [0.29, 0.717) is 0 Å². The molecule has 0 aliphatic carbocycles. The largest absolute Gasteiger partial charge is 0.475 e. The molecule has 25 heavy (non-hydrogen) atoms. The Morgan fingerprint density at radius 1 is 1.40 bits per heavy atom. The fourth-order valence-corrected chi connectivity index (χ4v) is 2.35. The Morgan fingerprint density at radius 3 is 2.68 bits per heavy atom. The summed E-state index contributed by atoms with van der Waals surface area (Å²) in [6.45, 7) is -0.603. The minimum atomic E-state index is -1.50. The maximum Gasteiger partial charge on any atom is 0.371 e. The summed E-state index contributed by atoms with van der Waals surface area (Å²) in [4.78, 5) is 21.7. The molecule has 1 aliphatic heterocycles. The molecule has 1 aliphatic rings. The average molecular weight is 355 g/mol. The maximum absolute atomic E-state index is 11.4. The molecule has 0 radical (unpaired) electrons. The molecular formula is C15H17NO9. The highest BCUT2D eigenvalue weighted by Gasteiger charge is 2.38. The minimum absolute atomic E-state index is 0.0139. The molecule has 0 aromatic heterocycles. The van der Waals surface area contributed by atoms with Crippen molar-refractivity contribution >= 4 is 17.7 Å². The Labute approximate surface area is 141 Å². The summed E-state index contributed by atoms with van der Waals surface area (Å²) >= 11 is 0. The Morgan fingerprint density at radius 2 is 2.08 bits per heavy atom. The smallest absolute Gasteiger partial charge is 0.371 e. The predicted octanol–water partition coefficient (Wildman–Crippen LogP) is -0.134. The van der Waals surface area contributed by atoms with Crippen LogP contribution < -0.4 is 0 Å². The van der Waals surface area contributed by atoms with Crippen molar-refractivity contribution in [1.82, 2.24) is 0 Å². The highest BCUT2D eigenvalue weighted by atomic mass is 16.7. The van der Waals surface area contributed by atoms with Crippen LogP contribution in [-0.2, 0) is 14.3 Å². The van der Waals surface area contributed by atoms with E-state index in [1.165, 1.54) is 24.3 Å². The lowest BCUT2D eigenvalue weighted by atomic mass is 10.0. The van der Waals surface area contributed by atoms with Gasteiger partial charge < -0.3 is 29.9 Å². The number of ether oxygens (including phenoxy) is 2. The lowest BCUT2D eigenvalue weighted by Gasteiger charge is -2.36. The third-order valence-electron chi connectivity index (χ3n) is 3.60. The number of aliphatic hydroxyl groups excluding tert-OH is 3. The van der Waals surface area contributed by atoms with E-state index in [9.17, 15) is 30.2 Å². The van der Waals surface area contributed by atoms with Crippen LogP contribution in [0, 0.1) is 10.1 Å². The van der Waals surface area contributed by atoms with Gasteiger partial charge in [-0.1, -0.05) is 12.1 Å². The number of carboxylic acid groups (broad SMARTS) is 1. The number of nitrogens with zero attached hydrogens (tertiary/aromatic N) is 1. The lowest BCUT2D eigenvalue weighted by molar-refractivity contribution is -0.385. The molecule has 10 nitrogen and oxygen atoms in total. The molecule has 1 fully saturated rings. The number of carbonyl (C=O) groups is 1. The van der Waals surface area contributed by atoms with Crippen molar-refractivity contribution in [1.29, 1.82) is 0 Å². The first-order valence-electron chi connectivity index (χ1n) is 7.31. The van der Waals surface area contributed by atoms with Crippen molar-refractivity contribution in [2.45, 2.75) is 31.0 Å². The summed E-state index contributed by atoms with van der Waals surface area (Å²) < 4.78 is 10.4. The third kappa shape index (κ3) is 4.51. The van der Waals surface area contributed by atoms with Crippen molar-refractivity contribution < 1.29 is 39.6 Å². The molecule has 0 bridgehead atoms. The van der Waals surface area contributed by atoms with E-state index in [1.54, 1.807) is 0 Å². The zero-order chi connectivity index (χ0) is 18.6.